The molecule has 0 fully saturated rings. The maximum Gasteiger partial charge on any atom is 0.223 e. The fraction of sp³-hybridized carbons (Fsp3) is 0.208. The van der Waals surface area contributed by atoms with Crippen molar-refractivity contribution in [3.05, 3.63) is 83.5 Å². The molecule has 2 aromatic carbocycles. The van der Waals surface area contributed by atoms with Gasteiger partial charge in [-0.25, -0.2) is 0 Å². The molecule has 0 aliphatic carbocycles. The van der Waals surface area contributed by atoms with Gasteiger partial charge in [0.15, 0.2) is 0 Å². The first-order valence-electron chi connectivity index (χ1n) is 9.69. The van der Waals surface area contributed by atoms with Gasteiger partial charge in [-0.2, -0.15) is 0 Å². The Morgan fingerprint density at radius 2 is 1.66 bits per heavy atom. The van der Waals surface area contributed by atoms with E-state index in [9.17, 15) is 4.79 Å². The van der Waals surface area contributed by atoms with E-state index in [-0.39, 0.29) is 5.91 Å². The van der Waals surface area contributed by atoms with Crippen LogP contribution in [0.1, 0.15) is 12.1 Å². The first kappa shape index (κ1) is 19.3. The molecule has 5 heteroatoms. The Morgan fingerprint density at radius 1 is 0.966 bits per heavy atom. The lowest BCUT2D eigenvalue weighted by atomic mass is 10.1. The molecule has 4 nitrogen and oxygen atoms in total. The number of nitrogens with zero attached hydrogens (tertiary/aromatic N) is 2. The van der Waals surface area contributed by atoms with Gasteiger partial charge < -0.3 is 14.2 Å². The number of carbonyl (C=O) groups excluding carboxylic acids is 1. The second-order valence-corrected chi connectivity index (χ2v) is 7.46. The quantitative estimate of drug-likeness (QED) is 0.531. The number of methoxy groups -OCH3 is 1. The third-order valence-corrected chi connectivity index (χ3v) is 5.45. The van der Waals surface area contributed by atoms with Gasteiger partial charge in [0.2, 0.25) is 5.91 Å². The fourth-order valence-electron chi connectivity index (χ4n) is 3.63. The zero-order valence-corrected chi connectivity index (χ0v) is 17.1. The Balaban J connectivity index is 1.66. The molecule has 0 bridgehead atoms. The van der Waals surface area contributed by atoms with E-state index in [4.69, 9.17) is 16.3 Å². The number of rotatable bonds is 6. The van der Waals surface area contributed by atoms with Crippen molar-refractivity contribution in [1.29, 1.82) is 0 Å². The molecule has 0 unspecified atom stereocenters. The third kappa shape index (κ3) is 4.22. The molecule has 1 amide bonds. The van der Waals surface area contributed by atoms with Crippen molar-refractivity contribution in [1.82, 2.24) is 9.47 Å². The molecule has 0 atom stereocenters. The SMILES string of the molecule is COc1ccc(-n2c(CCC(=O)N3CC=CC3)ccc2-c2ccc(Cl)cc2)cc1. The van der Waals surface area contributed by atoms with Crippen molar-refractivity contribution in [2.45, 2.75) is 12.8 Å². The van der Waals surface area contributed by atoms with Crippen LogP contribution in [0.15, 0.2) is 72.8 Å². The molecule has 1 aromatic heterocycles. The number of aryl methyl sites for hydroxylation is 1. The number of benzene rings is 2. The fourth-order valence-corrected chi connectivity index (χ4v) is 3.76. The number of carbonyl (C=O) groups is 1. The molecule has 1 aliphatic rings. The van der Waals surface area contributed by atoms with Crippen molar-refractivity contribution in [3.8, 4) is 22.7 Å². The van der Waals surface area contributed by atoms with Gasteiger partial charge in [-0.05, 0) is 60.5 Å². The minimum absolute atomic E-state index is 0.186. The number of aromatic nitrogens is 1. The monoisotopic (exact) mass is 406 g/mol. The molecule has 1 aliphatic heterocycles. The molecular formula is C24H23ClN2O2. The van der Waals surface area contributed by atoms with Gasteiger partial charge in [0.1, 0.15) is 5.75 Å². The smallest absolute Gasteiger partial charge is 0.223 e. The summed E-state index contributed by atoms with van der Waals surface area (Å²) in [5, 5.41) is 0.710. The van der Waals surface area contributed by atoms with Crippen molar-refractivity contribution in [3.63, 3.8) is 0 Å². The standard InChI is InChI=1S/C24H23ClN2O2/c1-29-22-12-8-20(9-13-22)27-21(11-15-24(28)26-16-2-3-17-26)10-14-23(27)18-4-6-19(25)7-5-18/h2-10,12-14H,11,15-17H2,1H3. The number of hydrogen-bond donors (Lipinski definition) is 0. The van der Waals surface area contributed by atoms with Crippen LogP contribution < -0.4 is 4.74 Å². The minimum atomic E-state index is 0.186. The lowest BCUT2D eigenvalue weighted by Gasteiger charge is -2.17. The van der Waals surface area contributed by atoms with E-state index in [0.29, 0.717) is 31.0 Å². The van der Waals surface area contributed by atoms with E-state index in [2.05, 4.69) is 16.7 Å². The van der Waals surface area contributed by atoms with Crippen LogP contribution in [-0.2, 0) is 11.2 Å². The van der Waals surface area contributed by atoms with E-state index in [1.807, 2.05) is 65.6 Å². The summed E-state index contributed by atoms with van der Waals surface area (Å²) >= 11 is 6.07. The Kier molecular flexibility index (Phi) is 5.72. The number of hydrogen-bond acceptors (Lipinski definition) is 2. The second kappa shape index (κ2) is 8.58. The van der Waals surface area contributed by atoms with Crippen LogP contribution >= 0.6 is 11.6 Å². The summed E-state index contributed by atoms with van der Waals surface area (Å²) in [7, 11) is 1.66. The van der Waals surface area contributed by atoms with Gasteiger partial charge >= 0.3 is 0 Å². The normalized spacial score (nSPS) is 13.1. The molecule has 3 aromatic rings. The van der Waals surface area contributed by atoms with Crippen LogP contribution in [-0.4, -0.2) is 35.6 Å². The summed E-state index contributed by atoms with van der Waals surface area (Å²) in [4.78, 5) is 14.4. The van der Waals surface area contributed by atoms with Gasteiger partial charge in [-0.1, -0.05) is 35.9 Å². The molecule has 4 rings (SSSR count). The number of amides is 1. The lowest BCUT2D eigenvalue weighted by molar-refractivity contribution is -0.129. The van der Waals surface area contributed by atoms with E-state index < -0.39 is 0 Å². The second-order valence-electron chi connectivity index (χ2n) is 7.02. The van der Waals surface area contributed by atoms with Crippen molar-refractivity contribution >= 4 is 17.5 Å². The van der Waals surface area contributed by atoms with E-state index in [0.717, 1.165) is 28.4 Å². The maximum absolute atomic E-state index is 12.5. The molecule has 0 saturated heterocycles. The molecule has 0 saturated carbocycles. The lowest BCUT2D eigenvalue weighted by Crippen LogP contribution is -2.28. The van der Waals surface area contributed by atoms with E-state index in [1.54, 1.807) is 7.11 Å². The highest BCUT2D eigenvalue weighted by molar-refractivity contribution is 6.30. The van der Waals surface area contributed by atoms with Gasteiger partial charge in [0.05, 0.1) is 12.8 Å². The Labute approximate surface area is 176 Å². The Hall–Kier alpha value is -2.98. The van der Waals surface area contributed by atoms with Crippen molar-refractivity contribution in [2.75, 3.05) is 20.2 Å². The van der Waals surface area contributed by atoms with Gasteiger partial charge in [0, 0.05) is 35.9 Å². The van der Waals surface area contributed by atoms with Gasteiger partial charge in [-0.3, -0.25) is 4.79 Å². The largest absolute Gasteiger partial charge is 0.497 e. The first-order valence-corrected chi connectivity index (χ1v) is 10.1. The zero-order chi connectivity index (χ0) is 20.2. The average molecular weight is 407 g/mol. The van der Waals surface area contributed by atoms with Crippen LogP contribution in [0.2, 0.25) is 5.02 Å². The van der Waals surface area contributed by atoms with Crippen LogP contribution in [0.4, 0.5) is 0 Å². The highest BCUT2D eigenvalue weighted by Crippen LogP contribution is 2.29. The average Bonchev–Trinajstić information content (AvgIpc) is 3.43. The van der Waals surface area contributed by atoms with Crippen LogP contribution in [0.5, 0.6) is 5.75 Å². The summed E-state index contributed by atoms with van der Waals surface area (Å²) in [6.45, 7) is 1.43. The van der Waals surface area contributed by atoms with Crippen molar-refractivity contribution < 1.29 is 9.53 Å². The molecule has 0 radical (unpaired) electrons. The van der Waals surface area contributed by atoms with Crippen LogP contribution in [0, 0.1) is 0 Å². The molecule has 0 N–H and O–H groups in total. The van der Waals surface area contributed by atoms with E-state index in [1.165, 1.54) is 0 Å². The predicted molar refractivity (Wildman–Crippen MR) is 117 cm³/mol. The summed E-state index contributed by atoms with van der Waals surface area (Å²) in [5.74, 6) is 0.998. The first-order chi connectivity index (χ1) is 14.2. The predicted octanol–water partition coefficient (Wildman–Crippen LogP) is 5.14. The molecule has 0 spiro atoms. The summed E-state index contributed by atoms with van der Waals surface area (Å²) in [6, 6.07) is 20.0. The van der Waals surface area contributed by atoms with Crippen LogP contribution in [0.25, 0.3) is 16.9 Å². The minimum Gasteiger partial charge on any atom is -0.497 e. The number of ether oxygens (including phenoxy) is 1. The topological polar surface area (TPSA) is 34.5 Å². The molecule has 148 valence electrons. The van der Waals surface area contributed by atoms with Crippen LogP contribution in [0.3, 0.4) is 0 Å². The van der Waals surface area contributed by atoms with Crippen molar-refractivity contribution in [2.24, 2.45) is 0 Å². The summed E-state index contributed by atoms with van der Waals surface area (Å²) in [6.07, 6.45) is 5.24. The summed E-state index contributed by atoms with van der Waals surface area (Å²) < 4.78 is 7.51. The molecule has 2 heterocycles. The third-order valence-electron chi connectivity index (χ3n) is 5.20. The van der Waals surface area contributed by atoms with Gasteiger partial charge in [-0.15, -0.1) is 0 Å². The summed E-state index contributed by atoms with van der Waals surface area (Å²) in [5.41, 5.74) is 4.27. The van der Waals surface area contributed by atoms with Gasteiger partial charge in [0.25, 0.3) is 0 Å². The highest BCUT2D eigenvalue weighted by Gasteiger charge is 2.17. The molecular weight excluding hydrogens is 384 g/mol. The zero-order valence-electron chi connectivity index (χ0n) is 16.3. The molecule has 29 heavy (non-hydrogen) atoms. The maximum atomic E-state index is 12.5. The Morgan fingerprint density at radius 3 is 2.31 bits per heavy atom. The highest BCUT2D eigenvalue weighted by atomic mass is 35.5. The Bertz CT molecular complexity index is 1010. The van der Waals surface area contributed by atoms with E-state index >= 15 is 0 Å². The number of halogens is 1.